The number of carbonyl (C=O) groups excluding carboxylic acids is 1. The van der Waals surface area contributed by atoms with Crippen molar-refractivity contribution in [1.82, 2.24) is 23.4 Å². The van der Waals surface area contributed by atoms with E-state index in [2.05, 4.69) is 18.4 Å². The molecule has 2 heterocycles. The molecule has 11 nitrogen and oxygen atoms in total. The molecule has 0 saturated carbocycles. The number of aryl methyl sites for hydroxylation is 1. The maximum atomic E-state index is 13.9. The largest absolute Gasteiger partial charge is 0.478 e. The Morgan fingerprint density at radius 2 is 1.38 bits per heavy atom. The maximum absolute atomic E-state index is 13.9. The molecule has 0 unspecified atom stereocenters. The number of fused-ring (bicyclic) bond motifs is 2. The van der Waals surface area contributed by atoms with E-state index >= 15 is 0 Å². The Morgan fingerprint density at radius 3 is 2.04 bits per heavy atom. The minimum atomic E-state index is -4.45. The van der Waals surface area contributed by atoms with Crippen molar-refractivity contribution in [2.45, 2.75) is 44.8 Å². The van der Waals surface area contributed by atoms with Gasteiger partial charge in [-0.15, -0.1) is 0 Å². The van der Waals surface area contributed by atoms with Crippen molar-refractivity contribution < 1.29 is 23.1 Å². The van der Waals surface area contributed by atoms with Gasteiger partial charge in [0.05, 0.1) is 40.7 Å². The van der Waals surface area contributed by atoms with Crippen LogP contribution >= 0.6 is 0 Å². The zero-order valence-electron chi connectivity index (χ0n) is 25.8. The van der Waals surface area contributed by atoms with Crippen molar-refractivity contribution in [3.63, 3.8) is 0 Å². The third kappa shape index (κ3) is 6.32. The lowest BCUT2D eigenvalue weighted by atomic mass is 10.1. The van der Waals surface area contributed by atoms with E-state index < -0.39 is 32.4 Å². The molecule has 47 heavy (non-hydrogen) atoms. The molecule has 0 bridgehead atoms. The van der Waals surface area contributed by atoms with Crippen molar-refractivity contribution >= 4 is 44.0 Å². The Labute approximate surface area is 270 Å². The van der Waals surface area contributed by atoms with Gasteiger partial charge in [-0.25, -0.2) is 27.7 Å². The van der Waals surface area contributed by atoms with Crippen LogP contribution in [0.25, 0.3) is 22.1 Å². The summed E-state index contributed by atoms with van der Waals surface area (Å²) < 4.78 is 33.2. The van der Waals surface area contributed by atoms with Gasteiger partial charge in [0.1, 0.15) is 10.7 Å². The lowest BCUT2D eigenvalue weighted by Crippen LogP contribution is -2.31. The predicted molar refractivity (Wildman–Crippen MR) is 178 cm³/mol. The molecule has 0 aliphatic heterocycles. The average molecular weight is 652 g/mol. The van der Waals surface area contributed by atoms with Crippen LogP contribution in [0, 0.1) is 5.92 Å². The fraction of sp³-hybridized carbons (Fsp3) is 0.200. The molecule has 0 saturated heterocycles. The third-order valence-electron chi connectivity index (χ3n) is 8.08. The van der Waals surface area contributed by atoms with Gasteiger partial charge < -0.3 is 9.67 Å². The van der Waals surface area contributed by atoms with Crippen LogP contribution in [0.3, 0.4) is 0 Å². The minimum absolute atomic E-state index is 0.0557. The van der Waals surface area contributed by atoms with Crippen LogP contribution in [0.1, 0.15) is 52.4 Å². The molecule has 0 atom stereocenters. The number of imidazole rings is 2. The number of para-hydroxylation sites is 4. The lowest BCUT2D eigenvalue weighted by molar-refractivity contribution is 0.0692. The highest BCUT2D eigenvalue weighted by atomic mass is 32.2. The summed E-state index contributed by atoms with van der Waals surface area (Å²) >= 11 is 0. The normalized spacial score (nSPS) is 11.8. The number of hydrogen-bond acceptors (Lipinski definition) is 6. The van der Waals surface area contributed by atoms with E-state index in [9.17, 15) is 27.9 Å². The number of hydrogen-bond donors (Lipinski definition) is 2. The second kappa shape index (κ2) is 12.7. The quantitative estimate of drug-likeness (QED) is 0.198. The van der Waals surface area contributed by atoms with Crippen molar-refractivity contribution in [3.8, 4) is 0 Å². The first-order valence-electron chi connectivity index (χ1n) is 15.1. The summed E-state index contributed by atoms with van der Waals surface area (Å²) in [5, 5.41) is 9.37. The standard InChI is InChI=1S/C35H33N5O6S/c1-23(2)19-20-38-28-11-5-4-10-27(28)36-32(38)22-40-30-13-7-6-12-29(30)39(35(40)44)21-24-15-17-25(18-16-24)33(41)37-47(45,46)31-14-8-3-9-26(31)34(42)43/h3-18,23H,19-22H2,1-2H3,(H,37,41)(H,42,43). The molecule has 2 N–H and O–H groups in total. The van der Waals surface area contributed by atoms with Gasteiger partial charge in [-0.3, -0.25) is 13.9 Å². The van der Waals surface area contributed by atoms with Crippen molar-refractivity contribution in [3.05, 3.63) is 130 Å². The zero-order chi connectivity index (χ0) is 33.3. The molecule has 12 heteroatoms. The number of nitrogens with one attached hydrogen (secondary N) is 1. The van der Waals surface area contributed by atoms with Crippen LogP contribution in [-0.4, -0.2) is 44.1 Å². The van der Waals surface area contributed by atoms with Gasteiger partial charge in [-0.05, 0) is 66.4 Å². The van der Waals surface area contributed by atoms with E-state index in [-0.39, 0.29) is 24.3 Å². The Hall–Kier alpha value is -5.49. The van der Waals surface area contributed by atoms with E-state index in [1.165, 1.54) is 24.3 Å². The molecule has 0 fully saturated rings. The second-order valence-corrected chi connectivity index (χ2v) is 13.4. The van der Waals surface area contributed by atoms with Crippen LogP contribution in [0.15, 0.2) is 107 Å². The number of benzene rings is 4. The van der Waals surface area contributed by atoms with Crippen LogP contribution in [-0.2, 0) is 29.7 Å². The smallest absolute Gasteiger partial charge is 0.337 e. The summed E-state index contributed by atoms with van der Waals surface area (Å²) in [5.74, 6) is -1.03. The number of carboxylic acids is 1. The summed E-state index contributed by atoms with van der Waals surface area (Å²) in [6, 6.07) is 26.8. The number of aromatic nitrogens is 4. The SMILES string of the molecule is CC(C)CCn1c(Cn2c(=O)n(Cc3ccc(C(=O)NS(=O)(=O)c4ccccc4C(=O)O)cc3)c3ccccc32)nc2ccccc21. The van der Waals surface area contributed by atoms with Gasteiger partial charge in [0.15, 0.2) is 0 Å². The lowest BCUT2D eigenvalue weighted by Gasteiger charge is -2.11. The maximum Gasteiger partial charge on any atom is 0.337 e. The minimum Gasteiger partial charge on any atom is -0.478 e. The number of nitrogens with zero attached hydrogens (tertiary/aromatic N) is 4. The average Bonchev–Trinajstić information content (AvgIpc) is 3.54. The van der Waals surface area contributed by atoms with E-state index in [1.54, 1.807) is 21.3 Å². The summed E-state index contributed by atoms with van der Waals surface area (Å²) in [6.07, 6.45) is 0.972. The van der Waals surface area contributed by atoms with E-state index in [4.69, 9.17) is 4.98 Å². The molecule has 6 aromatic rings. The molecule has 0 spiro atoms. The fourth-order valence-corrected chi connectivity index (χ4v) is 6.83. The van der Waals surface area contributed by atoms with E-state index in [0.717, 1.165) is 58.6 Å². The highest BCUT2D eigenvalue weighted by molar-refractivity contribution is 7.90. The molecule has 1 amide bonds. The highest BCUT2D eigenvalue weighted by Gasteiger charge is 2.25. The summed E-state index contributed by atoms with van der Waals surface area (Å²) in [6.45, 7) is 5.65. The van der Waals surface area contributed by atoms with Crippen molar-refractivity contribution in [2.75, 3.05) is 0 Å². The van der Waals surface area contributed by atoms with Gasteiger partial charge in [0, 0.05) is 12.1 Å². The number of aromatic carboxylic acids is 1. The molecule has 4 aromatic carbocycles. The van der Waals surface area contributed by atoms with Gasteiger partial charge in [-0.1, -0.05) is 62.4 Å². The molecule has 2 aromatic heterocycles. The van der Waals surface area contributed by atoms with Gasteiger partial charge in [0.2, 0.25) is 0 Å². The molecule has 6 rings (SSSR count). The van der Waals surface area contributed by atoms with E-state index in [0.29, 0.717) is 5.92 Å². The Morgan fingerprint density at radius 1 is 0.787 bits per heavy atom. The molecule has 0 aliphatic carbocycles. The Bertz CT molecular complexity index is 2300. The van der Waals surface area contributed by atoms with Crippen molar-refractivity contribution in [2.24, 2.45) is 5.92 Å². The first kappa shape index (κ1) is 31.5. The number of carboxylic acid groups (broad SMARTS) is 1. The number of carbonyl (C=O) groups is 2. The first-order valence-corrected chi connectivity index (χ1v) is 16.6. The first-order chi connectivity index (χ1) is 22.5. The predicted octanol–water partition coefficient (Wildman–Crippen LogP) is 5.11. The fourth-order valence-electron chi connectivity index (χ4n) is 5.66. The van der Waals surface area contributed by atoms with Gasteiger partial charge in [0.25, 0.3) is 15.9 Å². The number of rotatable bonds is 11. The summed E-state index contributed by atoms with van der Waals surface area (Å²) in [4.78, 5) is 42.7. The van der Waals surface area contributed by atoms with Crippen LogP contribution in [0.5, 0.6) is 0 Å². The van der Waals surface area contributed by atoms with Crippen LogP contribution in [0.4, 0.5) is 0 Å². The molecular weight excluding hydrogens is 618 g/mol. The zero-order valence-corrected chi connectivity index (χ0v) is 26.6. The Kier molecular flexibility index (Phi) is 8.52. The second-order valence-electron chi connectivity index (χ2n) is 11.7. The highest BCUT2D eigenvalue weighted by Crippen LogP contribution is 2.22. The summed E-state index contributed by atoms with van der Waals surface area (Å²) in [5.41, 5.74) is 3.54. The Balaban J connectivity index is 1.27. The molecule has 240 valence electrons. The molecular formula is C35H33N5O6S. The number of amides is 1. The van der Waals surface area contributed by atoms with Gasteiger partial charge >= 0.3 is 11.7 Å². The van der Waals surface area contributed by atoms with Crippen molar-refractivity contribution in [1.29, 1.82) is 0 Å². The van der Waals surface area contributed by atoms with E-state index in [1.807, 2.05) is 53.3 Å². The molecule has 0 aliphatic rings. The van der Waals surface area contributed by atoms with Crippen LogP contribution in [0.2, 0.25) is 0 Å². The van der Waals surface area contributed by atoms with Gasteiger partial charge in [-0.2, -0.15) is 0 Å². The number of sulfonamides is 1. The monoisotopic (exact) mass is 651 g/mol. The molecule has 0 radical (unpaired) electrons. The summed E-state index contributed by atoms with van der Waals surface area (Å²) in [7, 11) is -4.45. The topological polar surface area (TPSA) is 145 Å². The van der Waals surface area contributed by atoms with Crippen LogP contribution < -0.4 is 10.4 Å². The third-order valence-corrected chi connectivity index (χ3v) is 9.47.